The summed E-state index contributed by atoms with van der Waals surface area (Å²) in [6.45, 7) is 0.165. The van der Waals surface area contributed by atoms with Crippen LogP contribution < -0.4 is 10.1 Å². The second-order valence-corrected chi connectivity index (χ2v) is 9.67. The first-order valence-electron chi connectivity index (χ1n) is 11.9. The molecule has 4 rings (SSSR count). The highest BCUT2D eigenvalue weighted by atomic mass is 35.5. The van der Waals surface area contributed by atoms with Gasteiger partial charge in [-0.05, 0) is 65.7 Å². The molecular formula is C29H22ClF3N2O4S. The molecule has 4 aromatic rings. The molecule has 0 unspecified atom stereocenters. The number of halogens is 4. The van der Waals surface area contributed by atoms with Gasteiger partial charge in [-0.1, -0.05) is 35.9 Å². The predicted molar refractivity (Wildman–Crippen MR) is 148 cm³/mol. The molecule has 0 spiro atoms. The van der Waals surface area contributed by atoms with Crippen molar-refractivity contribution in [2.45, 2.75) is 12.8 Å². The summed E-state index contributed by atoms with van der Waals surface area (Å²) >= 11 is 7.47. The number of carbonyl (C=O) groups is 2. The maximum atomic E-state index is 12.5. The molecule has 0 aliphatic rings. The Morgan fingerprint density at radius 1 is 0.975 bits per heavy atom. The highest BCUT2D eigenvalue weighted by Gasteiger charge is 2.31. The number of rotatable bonds is 9. The van der Waals surface area contributed by atoms with Crippen LogP contribution in [0.3, 0.4) is 0 Å². The summed E-state index contributed by atoms with van der Waals surface area (Å²) in [7, 11) is 1.29. The maximum Gasteiger partial charge on any atom is 0.573 e. The van der Waals surface area contributed by atoms with Gasteiger partial charge < -0.3 is 14.8 Å². The zero-order chi connectivity index (χ0) is 28.7. The van der Waals surface area contributed by atoms with E-state index in [2.05, 4.69) is 14.8 Å². The van der Waals surface area contributed by atoms with Gasteiger partial charge in [0, 0.05) is 33.6 Å². The van der Waals surface area contributed by atoms with E-state index in [4.69, 9.17) is 16.6 Å². The van der Waals surface area contributed by atoms with E-state index in [0.29, 0.717) is 26.9 Å². The summed E-state index contributed by atoms with van der Waals surface area (Å²) in [4.78, 5) is 28.4. The quantitative estimate of drug-likeness (QED) is 0.165. The minimum absolute atomic E-state index is 0.0782. The number of esters is 1. The van der Waals surface area contributed by atoms with E-state index in [9.17, 15) is 22.8 Å². The molecule has 206 valence electrons. The zero-order valence-corrected chi connectivity index (χ0v) is 22.6. The molecule has 1 N–H and O–H groups in total. The molecular weight excluding hydrogens is 565 g/mol. The molecule has 0 saturated heterocycles. The standard InChI is InChI=1S/C29H22ClF3N2O4S/c1-38-26(36)14-15-34-27(37)21-4-2-18(3-5-21)16-24(19-6-10-22(30)11-7-19)28-35-25(17-40-28)20-8-12-23(13-9-20)39-29(31,32)33/h2-13,16-17H,14-15H2,1H3,(H,34,37). The minimum Gasteiger partial charge on any atom is -0.469 e. The van der Waals surface area contributed by atoms with E-state index in [1.807, 2.05) is 23.6 Å². The molecule has 0 bridgehead atoms. The number of thiazole rings is 1. The van der Waals surface area contributed by atoms with Gasteiger partial charge in [0.15, 0.2) is 0 Å². The number of nitrogens with zero attached hydrogens (tertiary/aromatic N) is 1. The number of benzene rings is 3. The van der Waals surface area contributed by atoms with Crippen LogP contribution in [0.15, 0.2) is 78.2 Å². The topological polar surface area (TPSA) is 77.5 Å². The highest BCUT2D eigenvalue weighted by molar-refractivity contribution is 7.11. The lowest BCUT2D eigenvalue weighted by atomic mass is 10.0. The Kier molecular flexibility index (Phi) is 9.23. The van der Waals surface area contributed by atoms with Crippen LogP contribution in [0, 0.1) is 0 Å². The van der Waals surface area contributed by atoms with Gasteiger partial charge in [0.2, 0.25) is 0 Å². The van der Waals surface area contributed by atoms with Gasteiger partial charge in [0.1, 0.15) is 10.8 Å². The Balaban J connectivity index is 1.58. The fourth-order valence-electron chi connectivity index (χ4n) is 3.63. The first-order valence-corrected chi connectivity index (χ1v) is 13.1. The number of carbonyl (C=O) groups excluding carboxylic acids is 2. The van der Waals surface area contributed by atoms with Crippen molar-refractivity contribution in [2.24, 2.45) is 0 Å². The number of alkyl halides is 3. The Labute approximate surface area is 237 Å². The first kappa shape index (κ1) is 28.8. The van der Waals surface area contributed by atoms with Crippen molar-refractivity contribution < 1.29 is 32.2 Å². The average molecular weight is 587 g/mol. The lowest BCUT2D eigenvalue weighted by molar-refractivity contribution is -0.274. The molecule has 11 heteroatoms. The van der Waals surface area contributed by atoms with E-state index in [-0.39, 0.29) is 24.6 Å². The van der Waals surface area contributed by atoms with E-state index >= 15 is 0 Å². The van der Waals surface area contributed by atoms with E-state index in [0.717, 1.165) is 16.7 Å². The second kappa shape index (κ2) is 12.8. The maximum absolute atomic E-state index is 12.5. The van der Waals surface area contributed by atoms with E-state index in [1.54, 1.807) is 36.4 Å². The van der Waals surface area contributed by atoms with Gasteiger partial charge >= 0.3 is 12.3 Å². The number of amides is 1. The van der Waals surface area contributed by atoms with Crippen LogP contribution >= 0.6 is 22.9 Å². The fourth-order valence-corrected chi connectivity index (χ4v) is 4.63. The Bertz CT molecular complexity index is 1500. The van der Waals surface area contributed by atoms with Gasteiger partial charge in [-0.15, -0.1) is 24.5 Å². The highest BCUT2D eigenvalue weighted by Crippen LogP contribution is 2.33. The smallest absolute Gasteiger partial charge is 0.469 e. The van der Waals surface area contributed by atoms with Crippen LogP contribution in [0.1, 0.15) is 32.9 Å². The molecule has 3 aromatic carbocycles. The third-order valence-electron chi connectivity index (χ3n) is 5.60. The largest absolute Gasteiger partial charge is 0.573 e. The molecule has 1 heterocycles. The number of nitrogens with one attached hydrogen (secondary N) is 1. The SMILES string of the molecule is COC(=O)CCNC(=O)c1ccc(C=C(c2ccc(Cl)cc2)c2nc(-c3ccc(OC(F)(F)F)cc3)cs2)cc1. The summed E-state index contributed by atoms with van der Waals surface area (Å²) in [6.07, 6.45) is -2.76. The summed E-state index contributed by atoms with van der Waals surface area (Å²) in [5.74, 6) is -1.03. The first-order chi connectivity index (χ1) is 19.1. The normalized spacial score (nSPS) is 11.7. The fraction of sp³-hybridized carbons (Fsp3) is 0.138. The number of methoxy groups -OCH3 is 1. The van der Waals surface area contributed by atoms with Gasteiger partial charge in [-0.25, -0.2) is 4.98 Å². The molecule has 1 aromatic heterocycles. The Hall–Kier alpha value is -4.15. The number of ether oxygens (including phenoxy) is 2. The van der Waals surface area contributed by atoms with Crippen molar-refractivity contribution in [3.05, 3.63) is 105 Å². The van der Waals surface area contributed by atoms with Crippen molar-refractivity contribution in [1.82, 2.24) is 10.3 Å². The Morgan fingerprint density at radius 3 is 2.25 bits per heavy atom. The van der Waals surface area contributed by atoms with Crippen LogP contribution in [0.4, 0.5) is 13.2 Å². The van der Waals surface area contributed by atoms with Crippen molar-refractivity contribution in [3.63, 3.8) is 0 Å². The van der Waals surface area contributed by atoms with Crippen molar-refractivity contribution in [1.29, 1.82) is 0 Å². The van der Waals surface area contributed by atoms with Crippen molar-refractivity contribution >= 4 is 46.5 Å². The number of hydrogen-bond donors (Lipinski definition) is 1. The average Bonchev–Trinajstić information content (AvgIpc) is 3.42. The molecule has 0 fully saturated rings. The van der Waals surface area contributed by atoms with Crippen molar-refractivity contribution in [3.8, 4) is 17.0 Å². The van der Waals surface area contributed by atoms with Gasteiger partial charge in [0.25, 0.3) is 5.91 Å². The van der Waals surface area contributed by atoms with Crippen LogP contribution in [0.2, 0.25) is 5.02 Å². The van der Waals surface area contributed by atoms with Gasteiger partial charge in [-0.3, -0.25) is 9.59 Å². The molecule has 0 aliphatic heterocycles. The van der Waals surface area contributed by atoms with Gasteiger partial charge in [0.05, 0.1) is 19.2 Å². The van der Waals surface area contributed by atoms with Crippen LogP contribution in [-0.4, -0.2) is 36.9 Å². The molecule has 0 radical (unpaired) electrons. The second-order valence-electron chi connectivity index (χ2n) is 8.38. The summed E-state index contributed by atoms with van der Waals surface area (Å²) in [5.41, 5.74) is 4.11. The van der Waals surface area contributed by atoms with Crippen molar-refractivity contribution in [2.75, 3.05) is 13.7 Å². The zero-order valence-electron chi connectivity index (χ0n) is 21.0. The van der Waals surface area contributed by atoms with Crippen LogP contribution in [-0.2, 0) is 9.53 Å². The molecule has 0 aliphatic carbocycles. The third kappa shape index (κ3) is 7.93. The molecule has 0 saturated carbocycles. The summed E-state index contributed by atoms with van der Waals surface area (Å²) < 4.78 is 46.0. The number of aromatic nitrogens is 1. The lowest BCUT2D eigenvalue weighted by Crippen LogP contribution is -2.26. The predicted octanol–water partition coefficient (Wildman–Crippen LogP) is 7.24. The number of hydrogen-bond acceptors (Lipinski definition) is 6. The van der Waals surface area contributed by atoms with Crippen LogP contribution in [0.25, 0.3) is 22.9 Å². The molecule has 0 atom stereocenters. The lowest BCUT2D eigenvalue weighted by Gasteiger charge is -2.09. The van der Waals surface area contributed by atoms with Gasteiger partial charge in [-0.2, -0.15) is 0 Å². The van der Waals surface area contributed by atoms with Crippen LogP contribution in [0.5, 0.6) is 5.75 Å². The monoisotopic (exact) mass is 586 g/mol. The minimum atomic E-state index is -4.76. The van der Waals surface area contributed by atoms with E-state index in [1.165, 1.54) is 42.7 Å². The molecule has 1 amide bonds. The molecule has 6 nitrogen and oxygen atoms in total. The Morgan fingerprint density at radius 2 is 1.62 bits per heavy atom. The molecule has 40 heavy (non-hydrogen) atoms. The summed E-state index contributed by atoms with van der Waals surface area (Å²) in [5, 5.41) is 5.75. The summed E-state index contributed by atoms with van der Waals surface area (Å²) in [6, 6.07) is 19.7. The third-order valence-corrected chi connectivity index (χ3v) is 6.73. The van der Waals surface area contributed by atoms with E-state index < -0.39 is 12.3 Å².